The van der Waals surface area contributed by atoms with Crippen molar-refractivity contribution < 1.29 is 14.5 Å². The molecule has 0 aliphatic carbocycles. The number of carbonyl (C=O) groups is 1. The number of carbonyl (C=O) groups excluding carboxylic acids is 1. The Morgan fingerprint density at radius 3 is 2.46 bits per heavy atom. The Kier molecular flexibility index (Phi) is 5.06. The lowest BCUT2D eigenvalue weighted by Gasteiger charge is -2.36. The second-order valence-electron chi connectivity index (χ2n) is 6.26. The SMILES string of the molecule is COc1ccc(C(=O)N2CCN(c3cccc(C)c3)CC2)cc1[N+](=O)[O-]. The summed E-state index contributed by atoms with van der Waals surface area (Å²) in [5, 5.41) is 11.2. The minimum absolute atomic E-state index is 0.149. The fourth-order valence-corrected chi connectivity index (χ4v) is 3.14. The molecule has 136 valence electrons. The fraction of sp³-hybridized carbons (Fsp3) is 0.316. The van der Waals surface area contributed by atoms with Crippen molar-refractivity contribution >= 4 is 17.3 Å². The maximum Gasteiger partial charge on any atom is 0.311 e. The van der Waals surface area contributed by atoms with E-state index < -0.39 is 4.92 Å². The quantitative estimate of drug-likeness (QED) is 0.623. The second kappa shape index (κ2) is 7.43. The van der Waals surface area contributed by atoms with E-state index in [4.69, 9.17) is 4.74 Å². The van der Waals surface area contributed by atoms with Crippen molar-refractivity contribution in [3.63, 3.8) is 0 Å². The van der Waals surface area contributed by atoms with Crippen molar-refractivity contribution in [2.75, 3.05) is 38.2 Å². The van der Waals surface area contributed by atoms with Crippen LogP contribution < -0.4 is 9.64 Å². The fourth-order valence-electron chi connectivity index (χ4n) is 3.14. The van der Waals surface area contributed by atoms with Crippen LogP contribution in [0.1, 0.15) is 15.9 Å². The Labute approximate surface area is 151 Å². The van der Waals surface area contributed by atoms with Crippen LogP contribution in [0.5, 0.6) is 5.75 Å². The normalized spacial score (nSPS) is 14.2. The van der Waals surface area contributed by atoms with Crippen LogP contribution in [0.25, 0.3) is 0 Å². The van der Waals surface area contributed by atoms with Gasteiger partial charge in [-0.1, -0.05) is 12.1 Å². The van der Waals surface area contributed by atoms with Crippen LogP contribution >= 0.6 is 0 Å². The summed E-state index contributed by atoms with van der Waals surface area (Å²) in [5.41, 5.74) is 2.46. The Morgan fingerprint density at radius 2 is 1.85 bits per heavy atom. The van der Waals surface area contributed by atoms with Crippen molar-refractivity contribution in [3.05, 3.63) is 63.7 Å². The molecule has 26 heavy (non-hydrogen) atoms. The molecule has 0 aromatic heterocycles. The molecule has 7 heteroatoms. The lowest BCUT2D eigenvalue weighted by molar-refractivity contribution is -0.385. The molecular weight excluding hydrogens is 334 g/mol. The van der Waals surface area contributed by atoms with E-state index >= 15 is 0 Å². The van der Waals surface area contributed by atoms with Crippen LogP contribution in [0.3, 0.4) is 0 Å². The summed E-state index contributed by atoms with van der Waals surface area (Å²) in [4.78, 5) is 27.3. The third-order valence-corrected chi connectivity index (χ3v) is 4.56. The molecule has 0 spiro atoms. The molecule has 0 unspecified atom stereocenters. The number of rotatable bonds is 4. The van der Waals surface area contributed by atoms with Gasteiger partial charge >= 0.3 is 5.69 Å². The van der Waals surface area contributed by atoms with Gasteiger partial charge in [0.25, 0.3) is 5.91 Å². The lowest BCUT2D eigenvalue weighted by atomic mass is 10.1. The molecule has 0 atom stereocenters. The standard InChI is InChI=1S/C19H21N3O4/c1-14-4-3-5-16(12-14)20-8-10-21(11-9-20)19(23)15-6-7-18(26-2)17(13-15)22(24)25/h3-7,12-13H,8-11H2,1-2H3. The summed E-state index contributed by atoms with van der Waals surface area (Å²) in [7, 11) is 1.37. The van der Waals surface area contributed by atoms with Crippen molar-refractivity contribution in [1.82, 2.24) is 4.90 Å². The van der Waals surface area contributed by atoms with Gasteiger partial charge in [-0.05, 0) is 36.8 Å². The summed E-state index contributed by atoms with van der Waals surface area (Å²) in [6.07, 6.45) is 0. The predicted molar refractivity (Wildman–Crippen MR) is 98.9 cm³/mol. The number of aryl methyl sites for hydroxylation is 1. The highest BCUT2D eigenvalue weighted by Gasteiger charge is 2.25. The Bertz CT molecular complexity index is 829. The molecular formula is C19H21N3O4. The van der Waals surface area contributed by atoms with Gasteiger partial charge in [0.15, 0.2) is 5.75 Å². The van der Waals surface area contributed by atoms with Crippen LogP contribution in [-0.2, 0) is 0 Å². The number of benzene rings is 2. The van der Waals surface area contributed by atoms with Crippen LogP contribution in [0.2, 0.25) is 0 Å². The van der Waals surface area contributed by atoms with Gasteiger partial charge in [0.2, 0.25) is 0 Å². The molecule has 0 radical (unpaired) electrons. The van der Waals surface area contributed by atoms with Crippen LogP contribution in [0, 0.1) is 17.0 Å². The Morgan fingerprint density at radius 1 is 1.12 bits per heavy atom. The minimum atomic E-state index is -0.536. The molecule has 2 aromatic rings. The molecule has 1 saturated heterocycles. The number of hydrogen-bond acceptors (Lipinski definition) is 5. The van der Waals surface area contributed by atoms with Crippen LogP contribution in [0.15, 0.2) is 42.5 Å². The van der Waals surface area contributed by atoms with Crippen molar-refractivity contribution in [2.24, 2.45) is 0 Å². The average molecular weight is 355 g/mol. The number of amides is 1. The van der Waals surface area contributed by atoms with E-state index in [1.165, 1.54) is 24.8 Å². The molecule has 7 nitrogen and oxygen atoms in total. The maximum atomic E-state index is 12.7. The van der Waals surface area contributed by atoms with Crippen molar-refractivity contribution in [3.8, 4) is 5.75 Å². The molecule has 0 saturated carbocycles. The molecule has 1 aliphatic heterocycles. The summed E-state index contributed by atoms with van der Waals surface area (Å²) < 4.78 is 4.99. The average Bonchev–Trinajstić information content (AvgIpc) is 2.67. The number of nitrogens with zero attached hydrogens (tertiary/aromatic N) is 3. The number of methoxy groups -OCH3 is 1. The largest absolute Gasteiger partial charge is 0.490 e. The molecule has 1 amide bonds. The van der Waals surface area contributed by atoms with Gasteiger partial charge < -0.3 is 14.5 Å². The maximum absolute atomic E-state index is 12.7. The number of nitro benzene ring substituents is 1. The van der Waals surface area contributed by atoms with Gasteiger partial charge in [-0.2, -0.15) is 0 Å². The number of nitro groups is 1. The van der Waals surface area contributed by atoms with Gasteiger partial charge in [0, 0.05) is 43.5 Å². The lowest BCUT2D eigenvalue weighted by Crippen LogP contribution is -2.48. The first kappa shape index (κ1) is 17.7. The van der Waals surface area contributed by atoms with E-state index in [1.807, 2.05) is 6.07 Å². The van der Waals surface area contributed by atoms with Crippen molar-refractivity contribution in [2.45, 2.75) is 6.92 Å². The van der Waals surface area contributed by atoms with Gasteiger partial charge in [-0.3, -0.25) is 14.9 Å². The van der Waals surface area contributed by atoms with Crippen molar-refractivity contribution in [1.29, 1.82) is 0 Å². The number of piperazine rings is 1. The topological polar surface area (TPSA) is 75.9 Å². The van der Waals surface area contributed by atoms with E-state index in [9.17, 15) is 14.9 Å². The van der Waals surface area contributed by atoms with E-state index in [2.05, 4.69) is 30.0 Å². The first-order valence-corrected chi connectivity index (χ1v) is 8.43. The molecule has 1 heterocycles. The van der Waals surface area contributed by atoms with Crippen LogP contribution in [-0.4, -0.2) is 49.0 Å². The minimum Gasteiger partial charge on any atom is -0.490 e. The van der Waals surface area contributed by atoms with Gasteiger partial charge in [-0.15, -0.1) is 0 Å². The first-order valence-electron chi connectivity index (χ1n) is 8.43. The zero-order valence-electron chi connectivity index (χ0n) is 14.8. The molecule has 1 aliphatic rings. The zero-order chi connectivity index (χ0) is 18.7. The van der Waals surface area contributed by atoms with Gasteiger partial charge in [-0.25, -0.2) is 0 Å². The Hall–Kier alpha value is -3.09. The summed E-state index contributed by atoms with van der Waals surface area (Å²) >= 11 is 0. The van der Waals surface area contributed by atoms with E-state index in [0.29, 0.717) is 18.7 Å². The van der Waals surface area contributed by atoms with E-state index in [-0.39, 0.29) is 17.3 Å². The summed E-state index contributed by atoms with van der Waals surface area (Å²) in [5.74, 6) is -0.0459. The highest BCUT2D eigenvalue weighted by molar-refractivity contribution is 5.95. The molecule has 0 bridgehead atoms. The smallest absolute Gasteiger partial charge is 0.311 e. The third kappa shape index (κ3) is 3.61. The highest BCUT2D eigenvalue weighted by atomic mass is 16.6. The number of hydrogen-bond donors (Lipinski definition) is 0. The molecule has 2 aromatic carbocycles. The molecule has 1 fully saturated rings. The monoisotopic (exact) mass is 355 g/mol. The van der Waals surface area contributed by atoms with Gasteiger partial charge in [0.1, 0.15) is 0 Å². The second-order valence-corrected chi connectivity index (χ2v) is 6.26. The van der Waals surface area contributed by atoms with E-state index in [0.717, 1.165) is 18.8 Å². The molecule has 0 N–H and O–H groups in total. The van der Waals surface area contributed by atoms with Gasteiger partial charge in [0.05, 0.1) is 12.0 Å². The van der Waals surface area contributed by atoms with Crippen LogP contribution in [0.4, 0.5) is 11.4 Å². The number of ether oxygens (including phenoxy) is 1. The molecule has 3 rings (SSSR count). The Balaban J connectivity index is 1.70. The summed E-state index contributed by atoms with van der Waals surface area (Å²) in [6, 6.07) is 12.6. The first-order chi connectivity index (χ1) is 12.5. The number of anilines is 1. The highest BCUT2D eigenvalue weighted by Crippen LogP contribution is 2.28. The third-order valence-electron chi connectivity index (χ3n) is 4.56. The predicted octanol–water partition coefficient (Wildman–Crippen LogP) is 2.87. The van der Waals surface area contributed by atoms with E-state index in [1.54, 1.807) is 11.0 Å². The summed E-state index contributed by atoms with van der Waals surface area (Å²) in [6.45, 7) is 4.67. The zero-order valence-corrected chi connectivity index (χ0v) is 14.8.